The van der Waals surface area contributed by atoms with Gasteiger partial charge in [0.05, 0.1) is 17.6 Å². The number of rotatable bonds is 2. The normalized spacial score (nSPS) is 18.8. The number of carboxylic acid groups (broad SMARTS) is 1. The Hall–Kier alpha value is -3.36. The summed E-state index contributed by atoms with van der Waals surface area (Å²) >= 11 is 0. The molecule has 3 amide bonds. The summed E-state index contributed by atoms with van der Waals surface area (Å²) in [6.07, 6.45) is 0.798. The fourth-order valence-corrected chi connectivity index (χ4v) is 3.64. The third-order valence-electron chi connectivity index (χ3n) is 5.03. The summed E-state index contributed by atoms with van der Waals surface area (Å²) in [5, 5.41) is 12.0. The van der Waals surface area contributed by atoms with E-state index in [1.54, 1.807) is 11.0 Å². The van der Waals surface area contributed by atoms with Gasteiger partial charge in [-0.15, -0.1) is 0 Å². The standard InChI is InChI=1S/C19H20FN5O3/c20-13-5-6-17(21-11-13)24-9-10-25(16-4-2-1-3-15(16)24)18(26)22-14-7-8-23(12-14)19(27)28/h1-6,11,14H,7-10,12H2,(H,22,26)(H,27,28)/t14-/m1/s1. The molecule has 0 spiro atoms. The summed E-state index contributed by atoms with van der Waals surface area (Å²) in [5.74, 6) is 0.212. The lowest BCUT2D eigenvalue weighted by Gasteiger charge is -2.37. The summed E-state index contributed by atoms with van der Waals surface area (Å²) in [5.41, 5.74) is 1.53. The van der Waals surface area contributed by atoms with Gasteiger partial charge in [-0.05, 0) is 30.7 Å². The predicted octanol–water partition coefficient (Wildman–Crippen LogP) is 2.64. The van der Waals surface area contributed by atoms with Crippen LogP contribution in [0.5, 0.6) is 0 Å². The number of anilines is 3. The molecule has 1 fully saturated rings. The van der Waals surface area contributed by atoms with Crippen LogP contribution >= 0.6 is 0 Å². The third-order valence-corrected chi connectivity index (χ3v) is 5.03. The zero-order chi connectivity index (χ0) is 19.7. The molecule has 0 aliphatic carbocycles. The summed E-state index contributed by atoms with van der Waals surface area (Å²) < 4.78 is 13.2. The van der Waals surface area contributed by atoms with Crippen LogP contribution in [0, 0.1) is 5.82 Å². The van der Waals surface area contributed by atoms with E-state index < -0.39 is 11.9 Å². The van der Waals surface area contributed by atoms with Gasteiger partial charge in [0, 0.05) is 32.2 Å². The molecule has 1 saturated heterocycles. The van der Waals surface area contributed by atoms with Crippen molar-refractivity contribution in [1.29, 1.82) is 0 Å². The Morgan fingerprint density at radius 2 is 1.89 bits per heavy atom. The first kappa shape index (κ1) is 18.0. The quantitative estimate of drug-likeness (QED) is 0.830. The van der Waals surface area contributed by atoms with Crippen molar-refractivity contribution < 1.29 is 19.1 Å². The third kappa shape index (κ3) is 3.42. The van der Waals surface area contributed by atoms with Crippen LogP contribution in [0.2, 0.25) is 0 Å². The zero-order valence-corrected chi connectivity index (χ0v) is 15.1. The van der Waals surface area contributed by atoms with Crippen LogP contribution in [0.1, 0.15) is 6.42 Å². The summed E-state index contributed by atoms with van der Waals surface area (Å²) in [7, 11) is 0. The second kappa shape index (κ2) is 7.34. The van der Waals surface area contributed by atoms with Crippen molar-refractivity contribution in [2.45, 2.75) is 12.5 Å². The number of hydrogen-bond acceptors (Lipinski definition) is 4. The van der Waals surface area contributed by atoms with Crippen LogP contribution < -0.4 is 15.1 Å². The smallest absolute Gasteiger partial charge is 0.407 e. The molecule has 1 aromatic heterocycles. The minimum Gasteiger partial charge on any atom is -0.465 e. The van der Waals surface area contributed by atoms with Gasteiger partial charge in [0.25, 0.3) is 0 Å². The van der Waals surface area contributed by atoms with E-state index in [9.17, 15) is 14.0 Å². The molecule has 0 saturated carbocycles. The number of halogens is 1. The first-order chi connectivity index (χ1) is 13.5. The fraction of sp³-hybridized carbons (Fsp3) is 0.316. The number of benzene rings is 1. The van der Waals surface area contributed by atoms with E-state index in [4.69, 9.17) is 5.11 Å². The molecular formula is C19H20FN5O3. The number of hydrogen-bond donors (Lipinski definition) is 2. The number of carbonyl (C=O) groups is 2. The Bertz CT molecular complexity index is 891. The first-order valence-corrected chi connectivity index (χ1v) is 9.07. The highest BCUT2D eigenvalue weighted by Crippen LogP contribution is 2.36. The maximum atomic E-state index is 13.2. The number of para-hydroxylation sites is 2. The molecule has 2 aromatic rings. The number of aromatic nitrogens is 1. The highest BCUT2D eigenvalue weighted by Gasteiger charge is 2.32. The van der Waals surface area contributed by atoms with Crippen LogP contribution in [0.25, 0.3) is 0 Å². The largest absolute Gasteiger partial charge is 0.465 e. The lowest BCUT2D eigenvalue weighted by molar-refractivity contribution is 0.154. The number of amides is 3. The molecule has 0 radical (unpaired) electrons. The second-order valence-electron chi connectivity index (χ2n) is 6.79. The van der Waals surface area contributed by atoms with Crippen molar-refractivity contribution in [3.05, 3.63) is 48.4 Å². The average molecular weight is 385 g/mol. The molecule has 2 aliphatic heterocycles. The van der Waals surface area contributed by atoms with Gasteiger partial charge in [0.2, 0.25) is 0 Å². The van der Waals surface area contributed by atoms with Gasteiger partial charge in [-0.1, -0.05) is 12.1 Å². The second-order valence-corrected chi connectivity index (χ2v) is 6.79. The van der Waals surface area contributed by atoms with E-state index in [-0.39, 0.29) is 12.1 Å². The molecular weight excluding hydrogens is 365 g/mol. The van der Waals surface area contributed by atoms with Crippen molar-refractivity contribution in [2.75, 3.05) is 36.0 Å². The van der Waals surface area contributed by atoms with Crippen molar-refractivity contribution in [1.82, 2.24) is 15.2 Å². The van der Waals surface area contributed by atoms with Gasteiger partial charge in [-0.3, -0.25) is 4.90 Å². The molecule has 0 unspecified atom stereocenters. The summed E-state index contributed by atoms with van der Waals surface area (Å²) in [6, 6.07) is 9.98. The highest BCUT2D eigenvalue weighted by molar-refractivity contribution is 5.97. The van der Waals surface area contributed by atoms with Gasteiger partial charge in [-0.2, -0.15) is 0 Å². The van der Waals surface area contributed by atoms with Gasteiger partial charge in [0.15, 0.2) is 0 Å². The lowest BCUT2D eigenvalue weighted by Crippen LogP contribution is -2.50. The number of nitrogens with zero attached hydrogens (tertiary/aromatic N) is 4. The topological polar surface area (TPSA) is 89.0 Å². The molecule has 0 bridgehead atoms. The van der Waals surface area contributed by atoms with Crippen molar-refractivity contribution in [3.63, 3.8) is 0 Å². The average Bonchev–Trinajstić information content (AvgIpc) is 3.16. The van der Waals surface area contributed by atoms with E-state index in [0.717, 1.165) is 11.4 Å². The fourth-order valence-electron chi connectivity index (χ4n) is 3.64. The molecule has 2 aliphatic rings. The molecule has 28 heavy (non-hydrogen) atoms. The number of likely N-dealkylation sites (tertiary alicyclic amines) is 1. The number of carbonyl (C=O) groups excluding carboxylic acids is 1. The monoisotopic (exact) mass is 385 g/mol. The predicted molar refractivity (Wildman–Crippen MR) is 102 cm³/mol. The number of urea groups is 1. The van der Waals surface area contributed by atoms with Crippen LogP contribution in [0.4, 0.5) is 31.2 Å². The number of pyridine rings is 1. The molecule has 3 heterocycles. The molecule has 4 rings (SSSR count). The lowest BCUT2D eigenvalue weighted by atomic mass is 10.1. The van der Waals surface area contributed by atoms with E-state index in [1.807, 2.05) is 29.2 Å². The number of fused-ring (bicyclic) bond motifs is 1. The maximum absolute atomic E-state index is 13.2. The Balaban J connectivity index is 1.52. The van der Waals surface area contributed by atoms with E-state index in [0.29, 0.717) is 38.4 Å². The highest BCUT2D eigenvalue weighted by atomic mass is 19.1. The Morgan fingerprint density at radius 1 is 1.11 bits per heavy atom. The molecule has 146 valence electrons. The molecule has 8 nitrogen and oxygen atoms in total. The SMILES string of the molecule is O=C(O)N1CC[C@@H](NC(=O)N2CCN(c3ccc(F)cn3)c3ccccc32)C1. The van der Waals surface area contributed by atoms with Crippen molar-refractivity contribution in [2.24, 2.45) is 0 Å². The van der Waals surface area contributed by atoms with Crippen molar-refractivity contribution in [3.8, 4) is 0 Å². The van der Waals surface area contributed by atoms with Crippen LogP contribution in [-0.4, -0.2) is 59.3 Å². The van der Waals surface area contributed by atoms with Crippen molar-refractivity contribution >= 4 is 29.3 Å². The van der Waals surface area contributed by atoms with Gasteiger partial charge < -0.3 is 20.2 Å². The molecule has 9 heteroatoms. The van der Waals surface area contributed by atoms with Gasteiger partial charge in [-0.25, -0.2) is 19.0 Å². The van der Waals surface area contributed by atoms with Gasteiger partial charge in [0.1, 0.15) is 11.6 Å². The van der Waals surface area contributed by atoms with E-state index in [1.165, 1.54) is 17.2 Å². The van der Waals surface area contributed by atoms with Crippen LogP contribution in [0.3, 0.4) is 0 Å². The van der Waals surface area contributed by atoms with Crippen LogP contribution in [-0.2, 0) is 0 Å². The van der Waals surface area contributed by atoms with Crippen LogP contribution in [0.15, 0.2) is 42.6 Å². The van der Waals surface area contributed by atoms with E-state index >= 15 is 0 Å². The maximum Gasteiger partial charge on any atom is 0.407 e. The summed E-state index contributed by atoms with van der Waals surface area (Å²) in [4.78, 5) is 33.0. The van der Waals surface area contributed by atoms with E-state index in [2.05, 4.69) is 10.3 Å². The minimum atomic E-state index is -0.970. The molecule has 1 atom stereocenters. The molecule has 1 aromatic carbocycles. The van der Waals surface area contributed by atoms with Gasteiger partial charge >= 0.3 is 12.1 Å². The summed E-state index contributed by atoms with van der Waals surface area (Å²) in [6.45, 7) is 1.65. The zero-order valence-electron chi connectivity index (χ0n) is 15.1. The number of nitrogens with one attached hydrogen (secondary N) is 1. The first-order valence-electron chi connectivity index (χ1n) is 9.07. The minimum absolute atomic E-state index is 0.201. The molecule has 2 N–H and O–H groups in total. The Morgan fingerprint density at radius 3 is 2.57 bits per heavy atom. The Kier molecular flexibility index (Phi) is 4.72. The Labute approximate surface area is 161 Å².